The first-order valence-electron chi connectivity index (χ1n) is 4.28. The van der Waals surface area contributed by atoms with Gasteiger partial charge in [0.1, 0.15) is 5.82 Å². The first-order chi connectivity index (χ1) is 6.24. The molecule has 0 aliphatic heterocycles. The lowest BCUT2D eigenvalue weighted by Crippen LogP contribution is -2.04. The van der Waals surface area contributed by atoms with Crippen LogP contribution in [0.15, 0.2) is 18.2 Å². The van der Waals surface area contributed by atoms with E-state index in [-0.39, 0.29) is 0 Å². The van der Waals surface area contributed by atoms with Gasteiger partial charge < -0.3 is 11.1 Å². The van der Waals surface area contributed by atoms with Gasteiger partial charge in [0.05, 0.1) is 5.69 Å². The highest BCUT2D eigenvalue weighted by Gasteiger charge is 1.95. The second-order valence-electron chi connectivity index (χ2n) is 2.90. The van der Waals surface area contributed by atoms with E-state index in [0.717, 1.165) is 17.8 Å². The summed E-state index contributed by atoms with van der Waals surface area (Å²) in [5.74, 6) is 0.565. The minimum Gasteiger partial charge on any atom is -0.384 e. The Morgan fingerprint density at radius 1 is 1.54 bits per heavy atom. The maximum absolute atomic E-state index is 5.57. The highest BCUT2D eigenvalue weighted by Crippen LogP contribution is 2.08. The van der Waals surface area contributed by atoms with Gasteiger partial charge in [-0.2, -0.15) is 0 Å². The van der Waals surface area contributed by atoms with Crippen LogP contribution < -0.4 is 11.1 Å². The molecule has 0 amide bonds. The van der Waals surface area contributed by atoms with E-state index in [2.05, 4.69) is 10.3 Å². The summed E-state index contributed by atoms with van der Waals surface area (Å²) in [6.07, 6.45) is 4.00. The lowest BCUT2D eigenvalue weighted by Gasteiger charge is -2.00. The maximum atomic E-state index is 5.57. The third kappa shape index (κ3) is 2.87. The van der Waals surface area contributed by atoms with Crippen LogP contribution >= 0.6 is 0 Å². The van der Waals surface area contributed by atoms with E-state index >= 15 is 0 Å². The van der Waals surface area contributed by atoms with Crippen molar-refractivity contribution < 1.29 is 0 Å². The minimum atomic E-state index is 0.565. The van der Waals surface area contributed by atoms with E-state index in [4.69, 9.17) is 5.73 Å². The largest absolute Gasteiger partial charge is 0.384 e. The number of nitrogen functional groups attached to an aromatic ring is 1. The molecule has 0 saturated carbocycles. The molecule has 3 nitrogen and oxygen atoms in total. The number of anilines is 1. The van der Waals surface area contributed by atoms with E-state index in [1.54, 1.807) is 0 Å². The fraction of sp³-hybridized carbons (Fsp3) is 0.300. The van der Waals surface area contributed by atoms with Crippen molar-refractivity contribution in [3.05, 3.63) is 29.5 Å². The Labute approximate surface area is 78.7 Å². The molecule has 0 saturated heterocycles. The topological polar surface area (TPSA) is 50.9 Å². The van der Waals surface area contributed by atoms with Crippen molar-refractivity contribution in [2.75, 3.05) is 19.3 Å². The summed E-state index contributed by atoms with van der Waals surface area (Å²) in [6, 6.07) is 3.78. The second-order valence-corrected chi connectivity index (χ2v) is 2.90. The van der Waals surface area contributed by atoms with Crippen molar-refractivity contribution in [3.63, 3.8) is 0 Å². The molecule has 70 valence electrons. The molecule has 0 spiro atoms. The second kappa shape index (κ2) is 4.62. The summed E-state index contributed by atoms with van der Waals surface area (Å²) < 4.78 is 0. The molecule has 1 rings (SSSR count). The van der Waals surface area contributed by atoms with E-state index in [1.807, 2.05) is 38.3 Å². The zero-order valence-electron chi connectivity index (χ0n) is 8.04. The van der Waals surface area contributed by atoms with E-state index in [0.29, 0.717) is 5.82 Å². The number of hydrogen-bond acceptors (Lipinski definition) is 3. The molecule has 1 aromatic heterocycles. The minimum absolute atomic E-state index is 0.565. The van der Waals surface area contributed by atoms with Gasteiger partial charge in [-0.25, -0.2) is 4.98 Å². The zero-order valence-corrected chi connectivity index (χ0v) is 8.04. The van der Waals surface area contributed by atoms with Crippen LogP contribution in [0.5, 0.6) is 0 Å². The zero-order chi connectivity index (χ0) is 9.68. The van der Waals surface area contributed by atoms with Gasteiger partial charge in [-0.1, -0.05) is 12.1 Å². The van der Waals surface area contributed by atoms with Crippen molar-refractivity contribution in [2.45, 2.75) is 6.92 Å². The molecule has 0 aromatic carbocycles. The molecule has 0 fully saturated rings. The van der Waals surface area contributed by atoms with Crippen molar-refractivity contribution in [1.82, 2.24) is 10.3 Å². The molecule has 0 atom stereocenters. The average molecular weight is 177 g/mol. The smallest absolute Gasteiger partial charge is 0.124 e. The van der Waals surface area contributed by atoms with Gasteiger partial charge in [0.15, 0.2) is 0 Å². The number of nitrogens with one attached hydrogen (secondary N) is 1. The highest BCUT2D eigenvalue weighted by atomic mass is 14.8. The summed E-state index contributed by atoms with van der Waals surface area (Å²) in [6.45, 7) is 2.86. The monoisotopic (exact) mass is 177 g/mol. The molecular formula is C10H15N3. The van der Waals surface area contributed by atoms with Gasteiger partial charge >= 0.3 is 0 Å². The molecule has 0 aliphatic carbocycles. The normalized spacial score (nSPS) is 10.9. The summed E-state index contributed by atoms with van der Waals surface area (Å²) in [5, 5.41) is 3.03. The Balaban J connectivity index is 2.81. The van der Waals surface area contributed by atoms with Crippen LogP contribution in [0.2, 0.25) is 0 Å². The number of aromatic nitrogens is 1. The third-order valence-electron chi connectivity index (χ3n) is 1.76. The lowest BCUT2D eigenvalue weighted by atomic mass is 10.2. The van der Waals surface area contributed by atoms with Crippen LogP contribution in [0.4, 0.5) is 5.82 Å². The Morgan fingerprint density at radius 3 is 3.00 bits per heavy atom. The fourth-order valence-corrected chi connectivity index (χ4v) is 1.02. The standard InChI is InChI=1S/C10H15N3/c1-8-5-6-10(11)13-9(8)4-3-7-12-2/h3-6,12H,7H2,1-2H3,(H2,11,13). The van der Waals surface area contributed by atoms with E-state index in [9.17, 15) is 0 Å². The molecule has 3 heteroatoms. The Hall–Kier alpha value is -1.35. The van der Waals surface area contributed by atoms with Crippen molar-refractivity contribution in [1.29, 1.82) is 0 Å². The molecular weight excluding hydrogens is 162 g/mol. The number of likely N-dealkylation sites (N-methyl/N-ethyl adjacent to an activating group) is 1. The first-order valence-corrected chi connectivity index (χ1v) is 4.28. The maximum Gasteiger partial charge on any atom is 0.124 e. The quantitative estimate of drug-likeness (QED) is 0.729. The van der Waals surface area contributed by atoms with Crippen molar-refractivity contribution in [3.8, 4) is 0 Å². The number of nitrogens with zero attached hydrogens (tertiary/aromatic N) is 1. The molecule has 1 heterocycles. The Bertz CT molecular complexity index is 305. The van der Waals surface area contributed by atoms with Gasteiger partial charge in [-0.3, -0.25) is 0 Å². The van der Waals surface area contributed by atoms with Gasteiger partial charge in [0.25, 0.3) is 0 Å². The van der Waals surface area contributed by atoms with Crippen LogP contribution in [0.1, 0.15) is 11.3 Å². The molecule has 0 radical (unpaired) electrons. The number of aryl methyl sites for hydroxylation is 1. The molecule has 0 bridgehead atoms. The number of pyridine rings is 1. The van der Waals surface area contributed by atoms with Crippen molar-refractivity contribution in [2.24, 2.45) is 0 Å². The summed E-state index contributed by atoms with van der Waals surface area (Å²) in [4.78, 5) is 4.21. The summed E-state index contributed by atoms with van der Waals surface area (Å²) in [7, 11) is 1.91. The predicted octanol–water partition coefficient (Wildman–Crippen LogP) is 1.20. The SMILES string of the molecule is CNCC=Cc1nc(N)ccc1C. The summed E-state index contributed by atoms with van der Waals surface area (Å²) >= 11 is 0. The van der Waals surface area contributed by atoms with Crippen LogP contribution in [-0.4, -0.2) is 18.6 Å². The number of rotatable bonds is 3. The molecule has 0 aliphatic rings. The average Bonchev–Trinajstić information content (AvgIpc) is 2.11. The van der Waals surface area contributed by atoms with Crippen LogP contribution in [0, 0.1) is 6.92 Å². The summed E-state index contributed by atoms with van der Waals surface area (Å²) in [5.41, 5.74) is 7.65. The third-order valence-corrected chi connectivity index (χ3v) is 1.76. The first kappa shape index (κ1) is 9.74. The van der Waals surface area contributed by atoms with Crippen LogP contribution in [0.3, 0.4) is 0 Å². The fourth-order valence-electron chi connectivity index (χ4n) is 1.02. The van der Waals surface area contributed by atoms with Gasteiger partial charge in [-0.05, 0) is 31.7 Å². The molecule has 1 aromatic rings. The van der Waals surface area contributed by atoms with Gasteiger partial charge in [-0.15, -0.1) is 0 Å². The lowest BCUT2D eigenvalue weighted by molar-refractivity contribution is 0.922. The molecule has 13 heavy (non-hydrogen) atoms. The number of hydrogen-bond donors (Lipinski definition) is 2. The van der Waals surface area contributed by atoms with Crippen LogP contribution in [0.25, 0.3) is 6.08 Å². The predicted molar refractivity (Wildman–Crippen MR) is 56.3 cm³/mol. The van der Waals surface area contributed by atoms with Gasteiger partial charge in [0, 0.05) is 6.54 Å². The van der Waals surface area contributed by atoms with Crippen LogP contribution in [-0.2, 0) is 0 Å². The van der Waals surface area contributed by atoms with Crippen molar-refractivity contribution >= 4 is 11.9 Å². The molecule has 3 N–H and O–H groups in total. The molecule has 0 unspecified atom stereocenters. The Kier molecular flexibility index (Phi) is 3.46. The Morgan fingerprint density at radius 2 is 2.31 bits per heavy atom. The number of nitrogens with two attached hydrogens (primary N) is 1. The van der Waals surface area contributed by atoms with Gasteiger partial charge in [0.2, 0.25) is 0 Å². The van der Waals surface area contributed by atoms with E-state index < -0.39 is 0 Å². The van der Waals surface area contributed by atoms with E-state index in [1.165, 1.54) is 0 Å². The highest BCUT2D eigenvalue weighted by molar-refractivity contribution is 5.52.